The molecule has 0 spiro atoms. The van der Waals surface area contributed by atoms with Crippen LogP contribution in [0.15, 0.2) is 50.1 Å². The molecule has 0 bridgehead atoms. The molecule has 0 aliphatic heterocycles. The first kappa shape index (κ1) is 16.5. The van der Waals surface area contributed by atoms with Crippen LogP contribution >= 0.6 is 0 Å². The summed E-state index contributed by atoms with van der Waals surface area (Å²) in [4.78, 5) is 0. The summed E-state index contributed by atoms with van der Waals surface area (Å²) in [6.07, 6.45) is 9.51. The van der Waals surface area contributed by atoms with Crippen molar-refractivity contribution >= 4 is 0 Å². The van der Waals surface area contributed by atoms with E-state index in [1.165, 1.54) is 0 Å². The molecule has 0 unspecified atom stereocenters. The molecule has 0 aromatic heterocycles. The second-order valence-corrected chi connectivity index (χ2v) is 1.15. The molecule has 0 fully saturated rings. The lowest BCUT2D eigenvalue weighted by Gasteiger charge is -1.65. The standard InChI is InChI=1S/C7H10.C2H6.C2H4/c1-3-5-7-6-4-2;2*1-2/h3-7H,1H2,2H3;1-2H3;1-2H2/b6-4-,7-5-;;. The van der Waals surface area contributed by atoms with E-state index in [4.69, 9.17) is 0 Å². The molecule has 0 heteroatoms. The fraction of sp³-hybridized carbons (Fsp3) is 0.273. The highest BCUT2D eigenvalue weighted by Crippen LogP contribution is 1.74. The monoisotopic (exact) mass is 152 g/mol. The van der Waals surface area contributed by atoms with E-state index in [1.54, 1.807) is 6.08 Å². The van der Waals surface area contributed by atoms with Crippen LogP contribution in [-0.2, 0) is 0 Å². The van der Waals surface area contributed by atoms with Crippen molar-refractivity contribution < 1.29 is 0 Å². The Labute approximate surface area is 71.6 Å². The normalized spacial score (nSPS) is 7.91. The minimum Gasteiger partial charge on any atom is -0.106 e. The molecular weight excluding hydrogens is 132 g/mol. The van der Waals surface area contributed by atoms with E-state index >= 15 is 0 Å². The second-order valence-electron chi connectivity index (χ2n) is 1.15. The molecule has 0 aliphatic carbocycles. The molecule has 0 rings (SSSR count). The Bertz CT molecular complexity index is 96.6. The first-order chi connectivity index (χ1) is 5.41. The Morgan fingerprint density at radius 2 is 1.36 bits per heavy atom. The van der Waals surface area contributed by atoms with Crippen LogP contribution < -0.4 is 0 Å². The van der Waals surface area contributed by atoms with Gasteiger partial charge in [0.2, 0.25) is 0 Å². The third kappa shape index (κ3) is 49.5. The molecule has 0 aromatic rings. The molecule has 0 nitrogen and oxygen atoms in total. The summed E-state index contributed by atoms with van der Waals surface area (Å²) in [5.74, 6) is 0. The largest absolute Gasteiger partial charge is 0.106 e. The van der Waals surface area contributed by atoms with Crippen LogP contribution in [0, 0.1) is 0 Å². The van der Waals surface area contributed by atoms with Crippen molar-refractivity contribution in [3.63, 3.8) is 0 Å². The molecule has 0 amide bonds. The lowest BCUT2D eigenvalue weighted by molar-refractivity contribution is 1.50. The lowest BCUT2D eigenvalue weighted by Crippen LogP contribution is -1.43. The van der Waals surface area contributed by atoms with Gasteiger partial charge in [0.05, 0.1) is 0 Å². The second kappa shape index (κ2) is 36.2. The third-order valence-corrected chi connectivity index (χ3v) is 0.551. The zero-order valence-corrected chi connectivity index (χ0v) is 8.01. The van der Waals surface area contributed by atoms with Crippen molar-refractivity contribution in [3.05, 3.63) is 50.1 Å². The van der Waals surface area contributed by atoms with Crippen molar-refractivity contribution in [2.45, 2.75) is 20.8 Å². The molecule has 0 heterocycles. The number of hydrogen-bond acceptors (Lipinski definition) is 0. The van der Waals surface area contributed by atoms with Crippen LogP contribution in [0.2, 0.25) is 0 Å². The fourth-order valence-electron chi connectivity index (χ4n) is 0.254. The van der Waals surface area contributed by atoms with Crippen LogP contribution in [0.3, 0.4) is 0 Å². The first-order valence-electron chi connectivity index (χ1n) is 3.82. The van der Waals surface area contributed by atoms with Crippen molar-refractivity contribution in [2.24, 2.45) is 0 Å². The summed E-state index contributed by atoms with van der Waals surface area (Å²) in [7, 11) is 0. The predicted octanol–water partition coefficient (Wildman–Crippen LogP) is 4.13. The van der Waals surface area contributed by atoms with E-state index < -0.39 is 0 Å². The maximum Gasteiger partial charge on any atom is -0.0467 e. The van der Waals surface area contributed by atoms with Gasteiger partial charge >= 0.3 is 0 Å². The molecule has 0 atom stereocenters. The summed E-state index contributed by atoms with van der Waals surface area (Å²) in [5, 5.41) is 0. The van der Waals surface area contributed by atoms with E-state index in [0.717, 1.165) is 0 Å². The highest BCUT2D eigenvalue weighted by atomic mass is 13.6. The van der Waals surface area contributed by atoms with Gasteiger partial charge in [-0.15, -0.1) is 13.2 Å². The van der Waals surface area contributed by atoms with Crippen LogP contribution in [0.5, 0.6) is 0 Å². The van der Waals surface area contributed by atoms with Crippen LogP contribution in [0.1, 0.15) is 20.8 Å². The quantitative estimate of drug-likeness (QED) is 0.412. The number of allylic oxidation sites excluding steroid dienone is 5. The Balaban J connectivity index is -0.000000138. The molecule has 0 radical (unpaired) electrons. The topological polar surface area (TPSA) is 0 Å². The van der Waals surface area contributed by atoms with Gasteiger partial charge < -0.3 is 0 Å². The first-order valence-corrected chi connectivity index (χ1v) is 3.82. The van der Waals surface area contributed by atoms with Gasteiger partial charge in [0.15, 0.2) is 0 Å². The van der Waals surface area contributed by atoms with Gasteiger partial charge in [-0.25, -0.2) is 0 Å². The molecule has 0 saturated carbocycles. The Hall–Kier alpha value is -1.04. The predicted molar refractivity (Wildman–Crippen MR) is 56.8 cm³/mol. The van der Waals surface area contributed by atoms with E-state index in [2.05, 4.69) is 19.7 Å². The molecule has 0 N–H and O–H groups in total. The van der Waals surface area contributed by atoms with Gasteiger partial charge in [-0.1, -0.05) is 50.8 Å². The fourth-order valence-corrected chi connectivity index (χ4v) is 0.254. The van der Waals surface area contributed by atoms with E-state index in [9.17, 15) is 0 Å². The summed E-state index contributed by atoms with van der Waals surface area (Å²) in [6, 6.07) is 0. The van der Waals surface area contributed by atoms with Gasteiger partial charge in [0, 0.05) is 0 Å². The van der Waals surface area contributed by atoms with Crippen molar-refractivity contribution in [3.8, 4) is 0 Å². The third-order valence-electron chi connectivity index (χ3n) is 0.551. The van der Waals surface area contributed by atoms with Crippen LogP contribution in [0.4, 0.5) is 0 Å². The van der Waals surface area contributed by atoms with Crippen molar-refractivity contribution in [1.29, 1.82) is 0 Å². The lowest BCUT2D eigenvalue weighted by atomic mass is 10.4. The zero-order chi connectivity index (χ0) is 9.54. The van der Waals surface area contributed by atoms with Crippen LogP contribution in [0.25, 0.3) is 0 Å². The van der Waals surface area contributed by atoms with Gasteiger partial charge in [0.25, 0.3) is 0 Å². The number of hydrogen-bond donors (Lipinski definition) is 0. The van der Waals surface area contributed by atoms with Crippen molar-refractivity contribution in [2.75, 3.05) is 0 Å². The van der Waals surface area contributed by atoms with Gasteiger partial charge in [-0.3, -0.25) is 0 Å². The number of rotatable bonds is 2. The average molecular weight is 152 g/mol. The zero-order valence-electron chi connectivity index (χ0n) is 8.01. The molecule has 0 aromatic carbocycles. The molecule has 0 aliphatic rings. The van der Waals surface area contributed by atoms with E-state index in [0.29, 0.717) is 0 Å². The van der Waals surface area contributed by atoms with Gasteiger partial charge in [0.1, 0.15) is 0 Å². The van der Waals surface area contributed by atoms with Crippen molar-refractivity contribution in [1.82, 2.24) is 0 Å². The minimum absolute atomic E-state index is 1.75. The smallest absolute Gasteiger partial charge is 0.0467 e. The Morgan fingerprint density at radius 1 is 0.909 bits per heavy atom. The maximum absolute atomic E-state index is 3.51. The Kier molecular flexibility index (Phi) is 54.3. The van der Waals surface area contributed by atoms with E-state index in [1.807, 2.05) is 45.1 Å². The summed E-state index contributed by atoms with van der Waals surface area (Å²) >= 11 is 0. The molecular formula is C11H20. The van der Waals surface area contributed by atoms with Crippen LogP contribution in [-0.4, -0.2) is 0 Å². The molecule has 0 saturated heterocycles. The average Bonchev–Trinajstić information content (AvgIpc) is 2.13. The summed E-state index contributed by atoms with van der Waals surface area (Å²) in [5.41, 5.74) is 0. The van der Waals surface area contributed by atoms with Gasteiger partial charge in [-0.05, 0) is 6.92 Å². The summed E-state index contributed by atoms with van der Waals surface area (Å²) in [6.45, 7) is 15.5. The Morgan fingerprint density at radius 3 is 1.64 bits per heavy atom. The highest BCUT2D eigenvalue weighted by Gasteiger charge is 1.52. The maximum atomic E-state index is 3.51. The van der Waals surface area contributed by atoms with Gasteiger partial charge in [-0.2, -0.15) is 0 Å². The molecule has 11 heavy (non-hydrogen) atoms. The SMILES string of the molecule is C=C.C=C/C=C\C=C/C.CC. The van der Waals surface area contributed by atoms with E-state index in [-0.39, 0.29) is 0 Å². The highest BCUT2D eigenvalue weighted by molar-refractivity contribution is 5.07. The summed E-state index contributed by atoms with van der Waals surface area (Å²) < 4.78 is 0. The molecule has 64 valence electrons. The minimum atomic E-state index is 1.75.